The van der Waals surface area contributed by atoms with Crippen LogP contribution in [-0.2, 0) is 0 Å². The highest BCUT2D eigenvalue weighted by Crippen LogP contribution is 2.57. The van der Waals surface area contributed by atoms with E-state index >= 15 is 0 Å². The van der Waals surface area contributed by atoms with Crippen LogP contribution >= 0.6 is 0 Å². The summed E-state index contributed by atoms with van der Waals surface area (Å²) in [6.07, 6.45) is 9.69. The van der Waals surface area contributed by atoms with Crippen molar-refractivity contribution in [2.24, 2.45) is 17.3 Å². The van der Waals surface area contributed by atoms with Crippen molar-refractivity contribution in [3.8, 4) is 0 Å². The summed E-state index contributed by atoms with van der Waals surface area (Å²) >= 11 is 0. The van der Waals surface area contributed by atoms with E-state index in [2.05, 4.69) is 25.2 Å². The molecule has 1 nitrogen and oxygen atoms in total. The summed E-state index contributed by atoms with van der Waals surface area (Å²) in [5, 5.41) is 3.65. The van der Waals surface area contributed by atoms with Crippen LogP contribution in [-0.4, -0.2) is 6.04 Å². The third kappa shape index (κ3) is 1.07. The number of hydrogen-bond acceptors (Lipinski definition) is 1. The van der Waals surface area contributed by atoms with Gasteiger partial charge in [-0.25, -0.2) is 0 Å². The molecule has 1 heteroatoms. The van der Waals surface area contributed by atoms with Crippen molar-refractivity contribution in [1.29, 1.82) is 0 Å². The number of fused-ring (bicyclic) bond motifs is 1. The average Bonchev–Trinajstić information content (AvgIpc) is 2.30. The molecule has 2 aliphatic carbocycles. The van der Waals surface area contributed by atoms with Crippen molar-refractivity contribution >= 4 is 0 Å². The van der Waals surface area contributed by atoms with Crippen molar-refractivity contribution in [1.82, 2.24) is 5.32 Å². The summed E-state index contributed by atoms with van der Waals surface area (Å²) in [4.78, 5) is 0. The lowest BCUT2D eigenvalue weighted by Gasteiger charge is -2.38. The molecule has 1 aliphatic heterocycles. The molecule has 0 aromatic rings. The molecule has 1 saturated carbocycles. The van der Waals surface area contributed by atoms with Gasteiger partial charge >= 0.3 is 0 Å². The first-order valence-electron chi connectivity index (χ1n) is 6.21. The van der Waals surface area contributed by atoms with E-state index in [0.29, 0.717) is 5.41 Å². The summed E-state index contributed by atoms with van der Waals surface area (Å²) in [5.41, 5.74) is 2.28. The van der Waals surface area contributed by atoms with Crippen molar-refractivity contribution in [2.75, 3.05) is 0 Å². The van der Waals surface area contributed by atoms with E-state index < -0.39 is 0 Å². The van der Waals surface area contributed by atoms with Gasteiger partial charge in [0.2, 0.25) is 0 Å². The molecule has 1 saturated heterocycles. The van der Waals surface area contributed by atoms with Gasteiger partial charge in [0.05, 0.1) is 0 Å². The van der Waals surface area contributed by atoms with Crippen LogP contribution in [0.4, 0.5) is 0 Å². The zero-order valence-corrected chi connectivity index (χ0v) is 9.34. The topological polar surface area (TPSA) is 12.0 Å². The Morgan fingerprint density at radius 3 is 3.07 bits per heavy atom. The monoisotopic (exact) mass is 191 g/mol. The summed E-state index contributed by atoms with van der Waals surface area (Å²) in [5.74, 6) is 1.72. The highest BCUT2D eigenvalue weighted by molar-refractivity contribution is 5.27. The third-order valence-corrected chi connectivity index (χ3v) is 4.54. The summed E-state index contributed by atoms with van der Waals surface area (Å²) in [6, 6.07) is 0.847. The third-order valence-electron chi connectivity index (χ3n) is 4.54. The van der Waals surface area contributed by atoms with Crippen LogP contribution in [0.25, 0.3) is 0 Å². The van der Waals surface area contributed by atoms with E-state index in [1.165, 1.54) is 32.1 Å². The van der Waals surface area contributed by atoms with E-state index in [1.807, 2.05) is 0 Å². The first-order valence-corrected chi connectivity index (χ1v) is 6.21. The van der Waals surface area contributed by atoms with E-state index in [0.717, 1.165) is 17.9 Å². The summed E-state index contributed by atoms with van der Waals surface area (Å²) < 4.78 is 0. The first-order chi connectivity index (χ1) is 6.72. The van der Waals surface area contributed by atoms with Crippen LogP contribution in [0.15, 0.2) is 11.8 Å². The second kappa shape index (κ2) is 2.77. The van der Waals surface area contributed by atoms with Crippen molar-refractivity contribution in [2.45, 2.75) is 52.0 Å². The van der Waals surface area contributed by atoms with Gasteiger partial charge in [0, 0.05) is 17.7 Å². The van der Waals surface area contributed by atoms with Gasteiger partial charge in [-0.05, 0) is 37.0 Å². The maximum atomic E-state index is 3.65. The Bertz CT molecular complexity index is 281. The fourth-order valence-corrected chi connectivity index (χ4v) is 4.23. The predicted octanol–water partition coefficient (Wildman–Crippen LogP) is 3.08. The Labute approximate surface area is 87.0 Å². The molecule has 4 unspecified atom stereocenters. The highest BCUT2D eigenvalue weighted by atomic mass is 15.1. The number of hydrogen-bond donors (Lipinski definition) is 1. The van der Waals surface area contributed by atoms with E-state index in [9.17, 15) is 0 Å². The molecule has 2 fully saturated rings. The second-order valence-corrected chi connectivity index (χ2v) is 5.82. The van der Waals surface area contributed by atoms with E-state index in [4.69, 9.17) is 0 Å². The maximum Gasteiger partial charge on any atom is 0.0346 e. The van der Waals surface area contributed by atoms with Gasteiger partial charge < -0.3 is 5.32 Å². The van der Waals surface area contributed by atoms with Crippen LogP contribution < -0.4 is 5.32 Å². The number of nitrogens with one attached hydrogen (secondary N) is 1. The molecule has 0 aromatic carbocycles. The molecule has 1 heterocycles. The molecule has 2 bridgehead atoms. The average molecular weight is 191 g/mol. The second-order valence-electron chi connectivity index (χ2n) is 5.82. The lowest BCUT2D eigenvalue weighted by atomic mass is 9.75. The van der Waals surface area contributed by atoms with Crippen LogP contribution in [0, 0.1) is 17.3 Å². The lowest BCUT2D eigenvalue weighted by Crippen LogP contribution is -2.47. The Balaban J connectivity index is 1.89. The smallest absolute Gasteiger partial charge is 0.0346 e. The van der Waals surface area contributed by atoms with Crippen molar-refractivity contribution in [3.63, 3.8) is 0 Å². The Kier molecular flexibility index (Phi) is 1.75. The lowest BCUT2D eigenvalue weighted by molar-refractivity contribution is 0.218. The molecule has 0 amide bonds. The Morgan fingerprint density at radius 1 is 1.43 bits per heavy atom. The fourth-order valence-electron chi connectivity index (χ4n) is 4.23. The minimum atomic E-state index is 0.700. The standard InChI is InChI=1S/C13H21N/c1-3-4-13-6-9(2)5-11-10(7-13)12(8-13)14-11/h5,9-10,12,14H,3-4,6-8H2,1-2H3. The van der Waals surface area contributed by atoms with Crippen LogP contribution in [0.5, 0.6) is 0 Å². The molecular weight excluding hydrogens is 170 g/mol. The van der Waals surface area contributed by atoms with Crippen LogP contribution in [0.1, 0.15) is 46.0 Å². The van der Waals surface area contributed by atoms with Gasteiger partial charge in [-0.2, -0.15) is 0 Å². The molecule has 0 aromatic heterocycles. The van der Waals surface area contributed by atoms with Gasteiger partial charge in [-0.15, -0.1) is 0 Å². The summed E-state index contributed by atoms with van der Waals surface area (Å²) in [7, 11) is 0. The van der Waals surface area contributed by atoms with Gasteiger partial charge in [0.1, 0.15) is 0 Å². The van der Waals surface area contributed by atoms with Crippen LogP contribution in [0.2, 0.25) is 0 Å². The zero-order valence-electron chi connectivity index (χ0n) is 9.34. The summed E-state index contributed by atoms with van der Waals surface area (Å²) in [6.45, 7) is 4.73. The largest absolute Gasteiger partial charge is 0.385 e. The molecular formula is C13H21N. The molecule has 1 N–H and O–H groups in total. The first kappa shape index (κ1) is 8.82. The van der Waals surface area contributed by atoms with Gasteiger partial charge in [-0.3, -0.25) is 0 Å². The molecule has 3 rings (SSSR count). The SMILES string of the molecule is CCCC12CC(C)C=C3NC(C1)C3C2. The quantitative estimate of drug-likeness (QED) is 0.707. The van der Waals surface area contributed by atoms with Crippen molar-refractivity contribution in [3.05, 3.63) is 11.8 Å². The molecule has 3 aliphatic rings. The van der Waals surface area contributed by atoms with E-state index in [1.54, 1.807) is 5.70 Å². The van der Waals surface area contributed by atoms with Gasteiger partial charge in [-0.1, -0.05) is 26.3 Å². The van der Waals surface area contributed by atoms with Gasteiger partial charge in [0.25, 0.3) is 0 Å². The molecule has 4 atom stereocenters. The zero-order chi connectivity index (χ0) is 9.76. The molecule has 0 spiro atoms. The number of rotatable bonds is 2. The minimum absolute atomic E-state index is 0.700. The maximum absolute atomic E-state index is 3.65. The number of allylic oxidation sites excluding steroid dienone is 1. The normalized spacial score (nSPS) is 49.0. The minimum Gasteiger partial charge on any atom is -0.385 e. The van der Waals surface area contributed by atoms with Crippen LogP contribution in [0.3, 0.4) is 0 Å². The van der Waals surface area contributed by atoms with Gasteiger partial charge in [0.15, 0.2) is 0 Å². The van der Waals surface area contributed by atoms with Crippen molar-refractivity contribution < 1.29 is 0 Å². The molecule has 78 valence electrons. The predicted molar refractivity (Wildman–Crippen MR) is 58.9 cm³/mol. The van der Waals surface area contributed by atoms with E-state index in [-0.39, 0.29) is 0 Å². The Morgan fingerprint density at radius 2 is 2.29 bits per heavy atom. The Hall–Kier alpha value is -0.460. The molecule has 14 heavy (non-hydrogen) atoms. The highest BCUT2D eigenvalue weighted by Gasteiger charge is 2.52. The fraction of sp³-hybridized carbons (Fsp3) is 0.846. The molecule has 0 radical (unpaired) electrons.